The third kappa shape index (κ3) is 6.88. The van der Waals surface area contributed by atoms with Gasteiger partial charge in [0.05, 0.1) is 25.9 Å². The van der Waals surface area contributed by atoms with Gasteiger partial charge in [0.1, 0.15) is 12.4 Å². The Balaban J connectivity index is 1.53. The Morgan fingerprint density at radius 1 is 0.971 bits per heavy atom. The molecule has 0 amide bonds. The van der Waals surface area contributed by atoms with E-state index in [9.17, 15) is 5.26 Å². The molecule has 0 aliphatic carbocycles. The number of aryl methyl sites for hydroxylation is 1. The normalized spacial score (nSPS) is 15.5. The summed E-state index contributed by atoms with van der Waals surface area (Å²) in [6.45, 7) is 10.0. The number of nitrogens with zero attached hydrogens (tertiary/aromatic N) is 3. The second kappa shape index (κ2) is 13.2. The molecule has 0 saturated carbocycles. The van der Waals surface area contributed by atoms with E-state index in [-0.39, 0.29) is 0 Å². The van der Waals surface area contributed by atoms with Crippen LogP contribution >= 0.6 is 0 Å². The van der Waals surface area contributed by atoms with Gasteiger partial charge in [-0.05, 0) is 42.7 Å². The number of piperazine rings is 1. The first-order chi connectivity index (χ1) is 16.6. The monoisotopic (exact) mass is 465 g/mol. The fourth-order valence-electron chi connectivity index (χ4n) is 4.66. The molecular formula is C28H39N3O3. The van der Waals surface area contributed by atoms with E-state index in [1.54, 1.807) is 14.2 Å². The maximum atomic E-state index is 9.30. The predicted molar refractivity (Wildman–Crippen MR) is 136 cm³/mol. The number of benzene rings is 2. The van der Waals surface area contributed by atoms with E-state index in [1.807, 2.05) is 31.2 Å². The highest BCUT2D eigenvalue weighted by molar-refractivity contribution is 5.45. The first-order valence-corrected chi connectivity index (χ1v) is 12.4. The second-order valence-electron chi connectivity index (χ2n) is 8.94. The first kappa shape index (κ1) is 25.9. The molecule has 6 heteroatoms. The summed E-state index contributed by atoms with van der Waals surface area (Å²) in [6, 6.07) is 14.7. The molecule has 3 rings (SSSR count). The Hall–Kier alpha value is -2.75. The molecule has 0 N–H and O–H groups in total. The molecule has 1 unspecified atom stereocenters. The maximum Gasteiger partial charge on any atom is 0.164 e. The van der Waals surface area contributed by atoms with Crippen LogP contribution in [0.15, 0.2) is 36.4 Å². The van der Waals surface area contributed by atoms with Crippen LogP contribution in [0.25, 0.3) is 0 Å². The van der Waals surface area contributed by atoms with Gasteiger partial charge in [-0.3, -0.25) is 9.80 Å². The van der Waals surface area contributed by atoms with Crippen molar-refractivity contribution in [1.82, 2.24) is 9.80 Å². The standard InChI is InChI=1S/C28H39N3O3/c1-5-6-7-8-26(23-9-10-24(21-29)22(2)19-23)31-15-13-30(14-16-31)17-18-34-25-11-12-27(32-3)28(20-25)33-4/h9-12,19-20,26H,5-8,13-18H2,1-4H3. The highest BCUT2D eigenvalue weighted by Gasteiger charge is 2.25. The summed E-state index contributed by atoms with van der Waals surface area (Å²) in [5.41, 5.74) is 3.19. The van der Waals surface area contributed by atoms with E-state index < -0.39 is 0 Å². The van der Waals surface area contributed by atoms with Crippen molar-refractivity contribution in [3.8, 4) is 23.3 Å². The van der Waals surface area contributed by atoms with Crippen LogP contribution in [0.3, 0.4) is 0 Å². The Labute approximate surface area is 205 Å². The number of rotatable bonds is 12. The summed E-state index contributed by atoms with van der Waals surface area (Å²) in [6.07, 6.45) is 4.90. The van der Waals surface area contributed by atoms with Gasteiger partial charge in [0.2, 0.25) is 0 Å². The van der Waals surface area contributed by atoms with Crippen LogP contribution in [0.1, 0.15) is 55.3 Å². The SMILES string of the molecule is CCCCCC(c1ccc(C#N)c(C)c1)N1CCN(CCOc2ccc(OC)c(OC)c2)CC1. The number of hydrogen-bond acceptors (Lipinski definition) is 6. The van der Waals surface area contributed by atoms with Gasteiger partial charge in [-0.1, -0.05) is 38.3 Å². The third-order valence-electron chi connectivity index (χ3n) is 6.72. The fourth-order valence-corrected chi connectivity index (χ4v) is 4.66. The molecule has 34 heavy (non-hydrogen) atoms. The van der Waals surface area contributed by atoms with E-state index >= 15 is 0 Å². The van der Waals surface area contributed by atoms with E-state index in [1.165, 1.54) is 31.2 Å². The Bertz CT molecular complexity index is 948. The molecule has 1 fully saturated rings. The summed E-state index contributed by atoms with van der Waals surface area (Å²) < 4.78 is 16.6. The molecular weight excluding hydrogens is 426 g/mol. The summed E-state index contributed by atoms with van der Waals surface area (Å²) in [5, 5.41) is 9.30. The minimum atomic E-state index is 0.420. The minimum absolute atomic E-state index is 0.420. The van der Waals surface area contributed by atoms with Crippen LogP contribution in [0.5, 0.6) is 17.2 Å². The van der Waals surface area contributed by atoms with Crippen LogP contribution < -0.4 is 14.2 Å². The van der Waals surface area contributed by atoms with Gasteiger partial charge in [-0.2, -0.15) is 5.26 Å². The van der Waals surface area contributed by atoms with Gasteiger partial charge in [-0.25, -0.2) is 0 Å². The molecule has 0 aromatic heterocycles. The molecule has 0 radical (unpaired) electrons. The predicted octanol–water partition coefficient (Wildman–Crippen LogP) is 5.20. The number of nitriles is 1. The van der Waals surface area contributed by atoms with Crippen molar-refractivity contribution in [1.29, 1.82) is 5.26 Å². The van der Waals surface area contributed by atoms with Crippen molar-refractivity contribution >= 4 is 0 Å². The number of hydrogen-bond donors (Lipinski definition) is 0. The van der Waals surface area contributed by atoms with E-state index in [4.69, 9.17) is 14.2 Å². The fraction of sp³-hybridized carbons (Fsp3) is 0.536. The van der Waals surface area contributed by atoms with E-state index in [0.29, 0.717) is 24.1 Å². The van der Waals surface area contributed by atoms with Crippen molar-refractivity contribution in [3.05, 3.63) is 53.1 Å². The van der Waals surface area contributed by atoms with Gasteiger partial charge in [0.15, 0.2) is 11.5 Å². The lowest BCUT2D eigenvalue weighted by Gasteiger charge is -2.39. The van der Waals surface area contributed by atoms with E-state index in [2.05, 4.69) is 34.9 Å². The zero-order valence-electron chi connectivity index (χ0n) is 21.2. The molecule has 2 aromatic rings. The van der Waals surface area contributed by atoms with Gasteiger partial charge in [0, 0.05) is 44.8 Å². The quantitative estimate of drug-likeness (QED) is 0.402. The topological polar surface area (TPSA) is 58.0 Å². The molecule has 0 bridgehead atoms. The molecule has 1 aliphatic rings. The summed E-state index contributed by atoms with van der Waals surface area (Å²) in [5.74, 6) is 2.18. The Morgan fingerprint density at radius 2 is 1.74 bits per heavy atom. The lowest BCUT2D eigenvalue weighted by molar-refractivity contribution is 0.0817. The number of unbranched alkanes of at least 4 members (excludes halogenated alkanes) is 2. The van der Waals surface area contributed by atoms with Crippen LogP contribution in [-0.4, -0.2) is 63.4 Å². The maximum absolute atomic E-state index is 9.30. The zero-order chi connectivity index (χ0) is 24.3. The molecule has 1 heterocycles. The van der Waals surface area contributed by atoms with Crippen LogP contribution in [0, 0.1) is 18.3 Å². The molecule has 2 aromatic carbocycles. The Morgan fingerprint density at radius 3 is 2.38 bits per heavy atom. The zero-order valence-corrected chi connectivity index (χ0v) is 21.2. The first-order valence-electron chi connectivity index (χ1n) is 12.4. The van der Waals surface area contributed by atoms with Crippen molar-refractivity contribution in [2.45, 2.75) is 45.6 Å². The average molecular weight is 466 g/mol. The van der Waals surface area contributed by atoms with Crippen molar-refractivity contribution < 1.29 is 14.2 Å². The molecule has 1 atom stereocenters. The van der Waals surface area contributed by atoms with Gasteiger partial charge in [0.25, 0.3) is 0 Å². The van der Waals surface area contributed by atoms with Crippen molar-refractivity contribution in [2.24, 2.45) is 0 Å². The van der Waals surface area contributed by atoms with Gasteiger partial charge >= 0.3 is 0 Å². The Kier molecular flexibility index (Phi) is 10.1. The molecule has 6 nitrogen and oxygen atoms in total. The second-order valence-corrected chi connectivity index (χ2v) is 8.94. The lowest BCUT2D eigenvalue weighted by Crippen LogP contribution is -2.48. The molecule has 0 spiro atoms. The lowest BCUT2D eigenvalue weighted by atomic mass is 9.95. The minimum Gasteiger partial charge on any atom is -0.493 e. The van der Waals surface area contributed by atoms with Crippen LogP contribution in [0.4, 0.5) is 0 Å². The third-order valence-corrected chi connectivity index (χ3v) is 6.72. The summed E-state index contributed by atoms with van der Waals surface area (Å²) in [4.78, 5) is 5.10. The van der Waals surface area contributed by atoms with Crippen molar-refractivity contribution in [2.75, 3.05) is 53.6 Å². The summed E-state index contributed by atoms with van der Waals surface area (Å²) in [7, 11) is 3.27. The highest BCUT2D eigenvalue weighted by Crippen LogP contribution is 2.31. The molecule has 1 aliphatic heterocycles. The largest absolute Gasteiger partial charge is 0.493 e. The number of ether oxygens (including phenoxy) is 3. The smallest absolute Gasteiger partial charge is 0.164 e. The highest BCUT2D eigenvalue weighted by atomic mass is 16.5. The summed E-state index contributed by atoms with van der Waals surface area (Å²) >= 11 is 0. The average Bonchev–Trinajstić information content (AvgIpc) is 2.87. The van der Waals surface area contributed by atoms with Crippen LogP contribution in [-0.2, 0) is 0 Å². The van der Waals surface area contributed by atoms with Gasteiger partial charge < -0.3 is 14.2 Å². The molecule has 1 saturated heterocycles. The van der Waals surface area contributed by atoms with Crippen molar-refractivity contribution in [3.63, 3.8) is 0 Å². The van der Waals surface area contributed by atoms with E-state index in [0.717, 1.165) is 49.6 Å². The van der Waals surface area contributed by atoms with Crippen LogP contribution in [0.2, 0.25) is 0 Å². The van der Waals surface area contributed by atoms with Gasteiger partial charge in [-0.15, -0.1) is 0 Å². The number of methoxy groups -OCH3 is 2. The molecule has 184 valence electrons.